The van der Waals surface area contributed by atoms with Gasteiger partial charge in [-0.1, -0.05) is 158 Å². The van der Waals surface area contributed by atoms with E-state index in [2.05, 4.69) is 199 Å². The Hall–Kier alpha value is -8.41. The zero-order valence-electron chi connectivity index (χ0n) is 33.3. The molecule has 0 aliphatic heterocycles. The van der Waals surface area contributed by atoms with Crippen LogP contribution in [0.15, 0.2) is 211 Å². The molecule has 13 aromatic rings. The number of para-hydroxylation sites is 1. The number of furan rings is 1. The fraction of sp³-hybridized carbons (Fsp3) is 0. The topological polar surface area (TPSA) is 56.7 Å². The van der Waals surface area contributed by atoms with Crippen molar-refractivity contribution in [1.82, 2.24) is 19.5 Å². The number of aromatic nitrogens is 4. The van der Waals surface area contributed by atoms with Crippen LogP contribution in [0.3, 0.4) is 0 Å². The lowest BCUT2D eigenvalue weighted by Gasteiger charge is -2.12. The van der Waals surface area contributed by atoms with Gasteiger partial charge in [-0.25, -0.2) is 15.0 Å². The molecule has 10 aromatic carbocycles. The standard InChI is InChI=1S/C57H34N4O/c1-2-15-37(16-3-1)48-34-50-53(44-20-9-8-19-43(44)48)45-21-10-11-23-49(45)61(50)42-29-30-46-52(33-42)62-51-24-12-22-47(54(46)51)57-59-55(40-27-25-35-13-4-6-17-38(35)31-40)58-56(60-57)41-28-26-36-14-5-7-18-39(36)32-41/h1-34H. The summed E-state index contributed by atoms with van der Waals surface area (Å²) in [6.07, 6.45) is 0. The lowest BCUT2D eigenvalue weighted by molar-refractivity contribution is 0.668. The van der Waals surface area contributed by atoms with E-state index >= 15 is 0 Å². The van der Waals surface area contributed by atoms with Gasteiger partial charge < -0.3 is 8.98 Å². The largest absolute Gasteiger partial charge is 0.456 e. The number of fused-ring (bicyclic) bond motifs is 10. The molecule has 13 rings (SSSR count). The second kappa shape index (κ2) is 13.6. The van der Waals surface area contributed by atoms with E-state index in [1.54, 1.807) is 0 Å². The van der Waals surface area contributed by atoms with Gasteiger partial charge in [0.25, 0.3) is 0 Å². The zero-order valence-corrected chi connectivity index (χ0v) is 33.3. The summed E-state index contributed by atoms with van der Waals surface area (Å²) in [5.41, 5.74) is 10.0. The monoisotopic (exact) mass is 790 g/mol. The summed E-state index contributed by atoms with van der Waals surface area (Å²) in [6, 6.07) is 72.8. The first-order chi connectivity index (χ1) is 30.7. The summed E-state index contributed by atoms with van der Waals surface area (Å²) >= 11 is 0. The highest BCUT2D eigenvalue weighted by atomic mass is 16.3. The third kappa shape index (κ3) is 5.38. The number of hydrogen-bond donors (Lipinski definition) is 0. The Morgan fingerprint density at radius 1 is 0.323 bits per heavy atom. The lowest BCUT2D eigenvalue weighted by Crippen LogP contribution is -2.00. The SMILES string of the molecule is c1ccc(-c2cc3c(c4ccccc24)c2ccccc2n3-c2ccc3c(c2)oc2cccc(-c4nc(-c5ccc6ccccc6c5)nc(-c5ccc6ccccc6c5)n4)c23)cc1. The van der Waals surface area contributed by atoms with Crippen LogP contribution in [0.5, 0.6) is 0 Å². The molecule has 62 heavy (non-hydrogen) atoms. The summed E-state index contributed by atoms with van der Waals surface area (Å²) in [7, 11) is 0. The predicted octanol–water partition coefficient (Wildman–Crippen LogP) is 15.0. The van der Waals surface area contributed by atoms with Crippen LogP contribution in [-0.2, 0) is 0 Å². The Balaban J connectivity index is 1.02. The molecule has 0 fully saturated rings. The molecule has 0 aliphatic rings. The number of rotatable bonds is 5. The molecule has 0 spiro atoms. The average molecular weight is 791 g/mol. The lowest BCUT2D eigenvalue weighted by atomic mass is 9.95. The molecular weight excluding hydrogens is 757 g/mol. The average Bonchev–Trinajstić information content (AvgIpc) is 3.89. The third-order valence-corrected chi connectivity index (χ3v) is 12.4. The number of hydrogen-bond acceptors (Lipinski definition) is 4. The Morgan fingerprint density at radius 2 is 0.935 bits per heavy atom. The van der Waals surface area contributed by atoms with Crippen LogP contribution in [0, 0.1) is 0 Å². The second-order valence-corrected chi connectivity index (χ2v) is 16.0. The molecule has 0 amide bonds. The van der Waals surface area contributed by atoms with Crippen molar-refractivity contribution in [3.05, 3.63) is 206 Å². The molecule has 0 bridgehead atoms. The zero-order chi connectivity index (χ0) is 40.7. The molecule has 5 nitrogen and oxygen atoms in total. The van der Waals surface area contributed by atoms with E-state index in [9.17, 15) is 0 Å². The maximum absolute atomic E-state index is 6.78. The first-order valence-electron chi connectivity index (χ1n) is 20.9. The summed E-state index contributed by atoms with van der Waals surface area (Å²) in [5, 5.41) is 11.5. The van der Waals surface area contributed by atoms with Gasteiger partial charge in [0, 0.05) is 50.0 Å². The Kier molecular flexibility index (Phi) is 7.54. The van der Waals surface area contributed by atoms with Gasteiger partial charge in [0.1, 0.15) is 11.2 Å². The molecule has 0 atom stereocenters. The Labute approximate surface area is 355 Å². The van der Waals surface area contributed by atoms with E-state index in [1.165, 1.54) is 43.4 Å². The number of benzene rings is 10. The fourth-order valence-electron chi connectivity index (χ4n) is 9.52. The summed E-state index contributed by atoms with van der Waals surface area (Å²) in [5.74, 6) is 1.82. The molecule has 0 aliphatic carbocycles. The molecule has 0 saturated carbocycles. The molecule has 5 heteroatoms. The molecule has 0 unspecified atom stereocenters. The van der Waals surface area contributed by atoms with Crippen LogP contribution >= 0.6 is 0 Å². The Morgan fingerprint density at radius 3 is 1.66 bits per heavy atom. The van der Waals surface area contributed by atoms with E-state index in [-0.39, 0.29) is 0 Å². The first-order valence-corrected chi connectivity index (χ1v) is 20.9. The van der Waals surface area contributed by atoms with Crippen LogP contribution in [0.1, 0.15) is 0 Å². The van der Waals surface area contributed by atoms with Gasteiger partial charge in [0.05, 0.1) is 11.0 Å². The van der Waals surface area contributed by atoms with Crippen LogP contribution in [0.4, 0.5) is 0 Å². The van der Waals surface area contributed by atoms with Crippen molar-refractivity contribution in [2.24, 2.45) is 0 Å². The quantitative estimate of drug-likeness (QED) is 0.174. The summed E-state index contributed by atoms with van der Waals surface area (Å²) in [4.78, 5) is 15.6. The molecule has 288 valence electrons. The minimum absolute atomic E-state index is 0.589. The molecule has 0 radical (unpaired) electrons. The molecule has 3 heterocycles. The number of nitrogens with zero attached hydrogens (tertiary/aromatic N) is 4. The fourth-order valence-corrected chi connectivity index (χ4v) is 9.52. The van der Waals surface area contributed by atoms with E-state index in [0.717, 1.165) is 66.1 Å². The Bertz CT molecular complexity index is 3840. The van der Waals surface area contributed by atoms with Gasteiger partial charge >= 0.3 is 0 Å². The third-order valence-electron chi connectivity index (χ3n) is 12.4. The van der Waals surface area contributed by atoms with Crippen molar-refractivity contribution in [3.8, 4) is 51.0 Å². The molecule has 0 N–H and O–H groups in total. The van der Waals surface area contributed by atoms with Crippen LogP contribution in [0.25, 0.3) is 127 Å². The van der Waals surface area contributed by atoms with Crippen molar-refractivity contribution < 1.29 is 4.42 Å². The van der Waals surface area contributed by atoms with Gasteiger partial charge in [-0.15, -0.1) is 0 Å². The summed E-state index contributed by atoms with van der Waals surface area (Å²) < 4.78 is 9.17. The maximum Gasteiger partial charge on any atom is 0.164 e. The van der Waals surface area contributed by atoms with Crippen molar-refractivity contribution in [3.63, 3.8) is 0 Å². The first kappa shape index (κ1) is 34.5. The van der Waals surface area contributed by atoms with Gasteiger partial charge in [0.15, 0.2) is 17.5 Å². The molecule has 3 aromatic heterocycles. The van der Waals surface area contributed by atoms with Crippen molar-refractivity contribution >= 4 is 76.1 Å². The highest BCUT2D eigenvalue weighted by Gasteiger charge is 2.21. The predicted molar refractivity (Wildman–Crippen MR) is 256 cm³/mol. The van der Waals surface area contributed by atoms with Crippen LogP contribution < -0.4 is 0 Å². The molecular formula is C57H34N4O. The van der Waals surface area contributed by atoms with Crippen molar-refractivity contribution in [1.29, 1.82) is 0 Å². The molecule has 0 saturated heterocycles. The minimum Gasteiger partial charge on any atom is -0.456 e. The van der Waals surface area contributed by atoms with Crippen LogP contribution in [-0.4, -0.2) is 19.5 Å². The van der Waals surface area contributed by atoms with E-state index in [0.29, 0.717) is 17.5 Å². The van der Waals surface area contributed by atoms with Gasteiger partial charge in [-0.05, 0) is 85.9 Å². The highest BCUT2D eigenvalue weighted by molar-refractivity contribution is 6.24. The summed E-state index contributed by atoms with van der Waals surface area (Å²) in [6.45, 7) is 0. The minimum atomic E-state index is 0.589. The maximum atomic E-state index is 6.78. The van der Waals surface area contributed by atoms with Gasteiger partial charge in [-0.3, -0.25) is 0 Å². The van der Waals surface area contributed by atoms with E-state index in [4.69, 9.17) is 19.4 Å². The van der Waals surface area contributed by atoms with Gasteiger partial charge in [0.2, 0.25) is 0 Å². The van der Waals surface area contributed by atoms with E-state index in [1.807, 2.05) is 12.1 Å². The van der Waals surface area contributed by atoms with Crippen molar-refractivity contribution in [2.45, 2.75) is 0 Å². The van der Waals surface area contributed by atoms with Crippen molar-refractivity contribution in [2.75, 3.05) is 0 Å². The van der Waals surface area contributed by atoms with E-state index < -0.39 is 0 Å². The van der Waals surface area contributed by atoms with Crippen LogP contribution in [0.2, 0.25) is 0 Å². The normalized spacial score (nSPS) is 11.9. The smallest absolute Gasteiger partial charge is 0.164 e. The van der Waals surface area contributed by atoms with Gasteiger partial charge in [-0.2, -0.15) is 0 Å². The second-order valence-electron chi connectivity index (χ2n) is 16.0. The highest BCUT2D eigenvalue weighted by Crippen LogP contribution is 2.43.